The van der Waals surface area contributed by atoms with Gasteiger partial charge in [-0.2, -0.15) is 0 Å². The summed E-state index contributed by atoms with van der Waals surface area (Å²) in [5.41, 5.74) is 1.84. The number of ether oxygens (including phenoxy) is 1. The molecule has 2 aromatic rings. The molecule has 8 nitrogen and oxygen atoms in total. The van der Waals surface area contributed by atoms with E-state index in [1.54, 1.807) is 21.7 Å². The molecule has 1 amide bonds. The lowest BCUT2D eigenvalue weighted by molar-refractivity contribution is -0.0222. The van der Waals surface area contributed by atoms with E-state index < -0.39 is 6.10 Å². The van der Waals surface area contributed by atoms with Crippen LogP contribution in [0, 0.1) is 6.92 Å². The van der Waals surface area contributed by atoms with Gasteiger partial charge < -0.3 is 14.7 Å². The molecule has 0 radical (unpaired) electrons. The second-order valence-corrected chi connectivity index (χ2v) is 8.00. The molecule has 2 saturated heterocycles. The minimum absolute atomic E-state index is 0.0579. The summed E-state index contributed by atoms with van der Waals surface area (Å²) >= 11 is 5.95. The van der Waals surface area contributed by atoms with Gasteiger partial charge in [-0.15, -0.1) is 5.10 Å². The van der Waals surface area contributed by atoms with Crippen molar-refractivity contribution in [2.24, 2.45) is 0 Å². The molecule has 29 heavy (non-hydrogen) atoms. The van der Waals surface area contributed by atoms with Crippen molar-refractivity contribution < 1.29 is 14.6 Å². The average molecular weight is 420 g/mol. The molecule has 0 saturated carbocycles. The Bertz CT molecular complexity index is 850. The van der Waals surface area contributed by atoms with Crippen LogP contribution in [0.1, 0.15) is 29.0 Å². The number of aromatic nitrogens is 3. The molecule has 0 spiro atoms. The normalized spacial score (nSPS) is 23.8. The van der Waals surface area contributed by atoms with Crippen molar-refractivity contribution in [1.82, 2.24) is 24.8 Å². The Labute approximate surface area is 175 Å². The molecule has 2 fully saturated rings. The van der Waals surface area contributed by atoms with E-state index in [0.717, 1.165) is 25.2 Å². The first-order valence-corrected chi connectivity index (χ1v) is 10.4. The first kappa shape index (κ1) is 20.3. The minimum atomic E-state index is -0.447. The summed E-state index contributed by atoms with van der Waals surface area (Å²) in [5.74, 6) is -0.141. The maximum Gasteiger partial charge on any atom is 0.276 e. The number of likely N-dealkylation sites (tertiary alicyclic amines) is 1. The van der Waals surface area contributed by atoms with Gasteiger partial charge in [0.1, 0.15) is 0 Å². The number of hydrogen-bond donors (Lipinski definition) is 1. The van der Waals surface area contributed by atoms with Crippen LogP contribution in [0.5, 0.6) is 0 Å². The Morgan fingerprint density at radius 1 is 1.14 bits per heavy atom. The van der Waals surface area contributed by atoms with E-state index in [9.17, 15) is 9.90 Å². The predicted octanol–water partition coefficient (Wildman–Crippen LogP) is 1.53. The molecule has 0 bridgehead atoms. The van der Waals surface area contributed by atoms with Crippen LogP contribution in [0.4, 0.5) is 0 Å². The predicted molar refractivity (Wildman–Crippen MR) is 108 cm³/mol. The highest BCUT2D eigenvalue weighted by molar-refractivity contribution is 6.30. The number of amides is 1. The molecule has 9 heteroatoms. The molecular weight excluding hydrogens is 394 g/mol. The maximum absolute atomic E-state index is 13.1. The number of morpholine rings is 1. The summed E-state index contributed by atoms with van der Waals surface area (Å²) in [5, 5.41) is 19.6. The van der Waals surface area contributed by atoms with Gasteiger partial charge in [-0.1, -0.05) is 16.8 Å². The maximum atomic E-state index is 13.1. The summed E-state index contributed by atoms with van der Waals surface area (Å²) in [7, 11) is 0. The molecule has 0 unspecified atom stereocenters. The number of aliphatic hydroxyl groups is 1. The van der Waals surface area contributed by atoms with Gasteiger partial charge in [0.05, 0.1) is 30.7 Å². The van der Waals surface area contributed by atoms with E-state index >= 15 is 0 Å². The van der Waals surface area contributed by atoms with E-state index in [1.807, 2.05) is 19.1 Å². The fourth-order valence-electron chi connectivity index (χ4n) is 4.12. The van der Waals surface area contributed by atoms with Crippen LogP contribution in [-0.4, -0.2) is 87.3 Å². The SMILES string of the molecule is Cc1c(C(=O)N2CC[C@H](O)[C@@H](N3CCOCC3)CC2)nnn1-c1ccc(Cl)cc1. The molecule has 2 aliphatic rings. The molecule has 156 valence electrons. The number of nitrogens with zero attached hydrogens (tertiary/aromatic N) is 5. The fraction of sp³-hybridized carbons (Fsp3) is 0.550. The monoisotopic (exact) mass is 419 g/mol. The largest absolute Gasteiger partial charge is 0.391 e. The molecule has 2 atom stereocenters. The Hall–Kier alpha value is -2.00. The third-order valence-electron chi connectivity index (χ3n) is 5.80. The van der Waals surface area contributed by atoms with Crippen molar-refractivity contribution in [3.63, 3.8) is 0 Å². The van der Waals surface area contributed by atoms with Crippen molar-refractivity contribution in [2.75, 3.05) is 39.4 Å². The zero-order valence-corrected chi connectivity index (χ0v) is 17.3. The smallest absolute Gasteiger partial charge is 0.276 e. The Kier molecular flexibility index (Phi) is 6.15. The van der Waals surface area contributed by atoms with Crippen molar-refractivity contribution in [3.05, 3.63) is 40.7 Å². The van der Waals surface area contributed by atoms with Gasteiger partial charge in [0, 0.05) is 37.2 Å². The third-order valence-corrected chi connectivity index (χ3v) is 6.06. The van der Waals surface area contributed by atoms with Gasteiger partial charge in [0.25, 0.3) is 5.91 Å². The molecule has 2 aliphatic heterocycles. The average Bonchev–Trinajstić information content (AvgIpc) is 3.01. The van der Waals surface area contributed by atoms with Gasteiger partial charge in [-0.25, -0.2) is 4.68 Å². The number of benzene rings is 1. The zero-order valence-electron chi connectivity index (χ0n) is 16.5. The van der Waals surface area contributed by atoms with Gasteiger partial charge in [-0.3, -0.25) is 9.69 Å². The summed E-state index contributed by atoms with van der Waals surface area (Å²) in [6, 6.07) is 7.30. The number of halogens is 1. The molecule has 4 rings (SSSR count). The first-order chi connectivity index (χ1) is 14.0. The van der Waals surface area contributed by atoms with Gasteiger partial charge in [0.15, 0.2) is 5.69 Å². The standard InChI is InChI=1S/C20H26ClN5O3/c1-14-19(22-23-26(14)16-4-2-15(21)3-5-16)20(28)25-8-6-17(18(27)7-9-25)24-10-12-29-13-11-24/h2-5,17-18,27H,6-13H2,1H3/t17-,18-/m0/s1. The first-order valence-electron chi connectivity index (χ1n) is 10.0. The molecule has 1 aromatic heterocycles. The van der Waals surface area contributed by atoms with E-state index in [0.29, 0.717) is 49.1 Å². The van der Waals surface area contributed by atoms with Crippen LogP contribution < -0.4 is 0 Å². The topological polar surface area (TPSA) is 83.7 Å². The van der Waals surface area contributed by atoms with E-state index in [4.69, 9.17) is 16.3 Å². The Morgan fingerprint density at radius 3 is 2.55 bits per heavy atom. The van der Waals surface area contributed by atoms with Crippen molar-refractivity contribution in [3.8, 4) is 5.69 Å². The van der Waals surface area contributed by atoms with Gasteiger partial charge in [0.2, 0.25) is 0 Å². The van der Waals surface area contributed by atoms with E-state index in [1.165, 1.54) is 0 Å². The van der Waals surface area contributed by atoms with Crippen LogP contribution >= 0.6 is 11.6 Å². The van der Waals surface area contributed by atoms with Crippen LogP contribution in [0.2, 0.25) is 5.02 Å². The highest BCUT2D eigenvalue weighted by Crippen LogP contribution is 2.21. The van der Waals surface area contributed by atoms with Gasteiger partial charge >= 0.3 is 0 Å². The highest BCUT2D eigenvalue weighted by atomic mass is 35.5. The number of carbonyl (C=O) groups excluding carboxylic acids is 1. The lowest BCUT2D eigenvalue weighted by atomic mass is 10.0. The van der Waals surface area contributed by atoms with Crippen LogP contribution in [-0.2, 0) is 4.74 Å². The Balaban J connectivity index is 1.48. The number of rotatable bonds is 3. The summed E-state index contributed by atoms with van der Waals surface area (Å²) < 4.78 is 7.07. The second kappa shape index (κ2) is 8.79. The molecule has 1 N–H and O–H groups in total. The lowest BCUT2D eigenvalue weighted by Gasteiger charge is -2.36. The fourth-order valence-corrected chi connectivity index (χ4v) is 4.24. The van der Waals surface area contributed by atoms with Crippen molar-refractivity contribution in [2.45, 2.75) is 31.9 Å². The molecule has 0 aliphatic carbocycles. The van der Waals surface area contributed by atoms with Crippen molar-refractivity contribution in [1.29, 1.82) is 0 Å². The zero-order chi connectivity index (χ0) is 20.4. The number of aliphatic hydroxyl groups excluding tert-OH is 1. The van der Waals surface area contributed by atoms with E-state index in [2.05, 4.69) is 15.2 Å². The van der Waals surface area contributed by atoms with Crippen molar-refractivity contribution >= 4 is 17.5 Å². The quantitative estimate of drug-likeness (QED) is 0.812. The number of hydrogen-bond acceptors (Lipinski definition) is 6. The minimum Gasteiger partial charge on any atom is -0.391 e. The van der Waals surface area contributed by atoms with Crippen LogP contribution in [0.25, 0.3) is 5.69 Å². The number of carbonyl (C=O) groups is 1. The highest BCUT2D eigenvalue weighted by Gasteiger charge is 2.33. The summed E-state index contributed by atoms with van der Waals surface area (Å²) in [6.07, 6.45) is 0.840. The summed E-state index contributed by atoms with van der Waals surface area (Å²) in [6.45, 7) is 5.97. The molecule has 1 aromatic carbocycles. The molecule has 3 heterocycles. The molecular formula is C20H26ClN5O3. The lowest BCUT2D eigenvalue weighted by Crippen LogP contribution is -2.49. The van der Waals surface area contributed by atoms with Crippen LogP contribution in [0.3, 0.4) is 0 Å². The van der Waals surface area contributed by atoms with Crippen LogP contribution in [0.15, 0.2) is 24.3 Å². The van der Waals surface area contributed by atoms with E-state index in [-0.39, 0.29) is 11.9 Å². The van der Waals surface area contributed by atoms with Gasteiger partial charge in [-0.05, 0) is 44.0 Å². The summed E-state index contributed by atoms with van der Waals surface area (Å²) in [4.78, 5) is 17.2. The Morgan fingerprint density at radius 2 is 1.83 bits per heavy atom. The second-order valence-electron chi connectivity index (χ2n) is 7.56. The third kappa shape index (κ3) is 4.30.